The topological polar surface area (TPSA) is 91.6 Å². The number of hydrogen-bond donors (Lipinski definition) is 2. The van der Waals surface area contributed by atoms with E-state index in [9.17, 15) is 13.2 Å². The predicted octanol–water partition coefficient (Wildman–Crippen LogP) is 2.82. The van der Waals surface area contributed by atoms with E-state index in [-0.39, 0.29) is 10.8 Å². The Bertz CT molecular complexity index is 855. The van der Waals surface area contributed by atoms with Gasteiger partial charge in [-0.25, -0.2) is 13.1 Å². The SMILES string of the molecule is CCC(=O)Nc1ccc(S(=O)(=O)NCC2CCN(Cc3ccco3)CC2)cc1. The number of hydrogen-bond acceptors (Lipinski definition) is 5. The number of likely N-dealkylation sites (tertiary alicyclic amines) is 1. The maximum absolute atomic E-state index is 12.5. The zero-order chi connectivity index (χ0) is 20.0. The minimum absolute atomic E-state index is 0.105. The number of benzene rings is 1. The van der Waals surface area contributed by atoms with Crippen LogP contribution in [-0.4, -0.2) is 38.9 Å². The number of furan rings is 1. The summed E-state index contributed by atoms with van der Waals surface area (Å²) in [6.45, 7) is 4.86. The van der Waals surface area contributed by atoms with Gasteiger partial charge in [-0.2, -0.15) is 0 Å². The average molecular weight is 406 g/mol. The van der Waals surface area contributed by atoms with Crippen LogP contribution in [0.4, 0.5) is 5.69 Å². The molecule has 1 aromatic heterocycles. The molecule has 0 bridgehead atoms. The minimum Gasteiger partial charge on any atom is -0.468 e. The number of piperidine rings is 1. The molecular weight excluding hydrogens is 378 g/mol. The van der Waals surface area contributed by atoms with E-state index >= 15 is 0 Å². The number of amides is 1. The summed E-state index contributed by atoms with van der Waals surface area (Å²) in [5.74, 6) is 1.18. The van der Waals surface area contributed by atoms with Crippen LogP contribution in [0.1, 0.15) is 31.9 Å². The van der Waals surface area contributed by atoms with E-state index < -0.39 is 10.0 Å². The highest BCUT2D eigenvalue weighted by Crippen LogP contribution is 2.20. The van der Waals surface area contributed by atoms with Crippen molar-refractivity contribution in [1.29, 1.82) is 0 Å². The van der Waals surface area contributed by atoms with Crippen LogP contribution in [0.3, 0.4) is 0 Å². The zero-order valence-corrected chi connectivity index (χ0v) is 16.9. The van der Waals surface area contributed by atoms with Gasteiger partial charge in [0.2, 0.25) is 15.9 Å². The highest BCUT2D eigenvalue weighted by atomic mass is 32.2. The summed E-state index contributed by atoms with van der Waals surface area (Å²) >= 11 is 0. The first-order valence-electron chi connectivity index (χ1n) is 9.60. The largest absolute Gasteiger partial charge is 0.468 e. The summed E-state index contributed by atoms with van der Waals surface area (Å²) < 4.78 is 33.1. The van der Waals surface area contributed by atoms with Gasteiger partial charge in [0.1, 0.15) is 5.76 Å². The summed E-state index contributed by atoms with van der Waals surface area (Å²) in [7, 11) is -3.56. The molecular formula is C20H27N3O4S. The number of sulfonamides is 1. The molecule has 2 aromatic rings. The molecule has 3 rings (SSSR count). The lowest BCUT2D eigenvalue weighted by molar-refractivity contribution is -0.115. The first kappa shape index (κ1) is 20.6. The summed E-state index contributed by atoms with van der Waals surface area (Å²) in [6, 6.07) is 10.1. The third kappa shape index (κ3) is 5.67. The lowest BCUT2D eigenvalue weighted by Crippen LogP contribution is -2.38. The third-order valence-electron chi connectivity index (χ3n) is 5.00. The molecule has 0 saturated carbocycles. The Labute approximate surface area is 166 Å². The molecule has 1 aliphatic rings. The standard InChI is InChI=1S/C20H27N3O4S/c1-2-20(24)22-17-5-7-19(8-6-17)28(25,26)21-14-16-9-11-23(12-10-16)15-18-4-3-13-27-18/h3-8,13,16,21H,2,9-12,14-15H2,1H3,(H,22,24). The maximum Gasteiger partial charge on any atom is 0.240 e. The quantitative estimate of drug-likeness (QED) is 0.705. The summed E-state index contributed by atoms with van der Waals surface area (Å²) in [5.41, 5.74) is 0.592. The Morgan fingerprint density at radius 3 is 2.50 bits per heavy atom. The van der Waals surface area contributed by atoms with Crippen molar-refractivity contribution in [3.8, 4) is 0 Å². The lowest BCUT2D eigenvalue weighted by atomic mass is 9.97. The van der Waals surface area contributed by atoms with Crippen molar-refractivity contribution in [2.45, 2.75) is 37.6 Å². The summed E-state index contributed by atoms with van der Waals surface area (Å²) in [5, 5.41) is 2.71. The van der Waals surface area contributed by atoms with Crippen molar-refractivity contribution in [3.05, 3.63) is 48.4 Å². The average Bonchev–Trinajstić information content (AvgIpc) is 3.21. The molecule has 1 fully saturated rings. The van der Waals surface area contributed by atoms with E-state index in [4.69, 9.17) is 4.42 Å². The van der Waals surface area contributed by atoms with Gasteiger partial charge in [-0.3, -0.25) is 9.69 Å². The number of nitrogens with one attached hydrogen (secondary N) is 2. The molecule has 28 heavy (non-hydrogen) atoms. The van der Waals surface area contributed by atoms with Crippen LogP contribution in [0.15, 0.2) is 52.0 Å². The van der Waals surface area contributed by atoms with Crippen molar-refractivity contribution in [1.82, 2.24) is 9.62 Å². The van der Waals surface area contributed by atoms with Gasteiger partial charge in [0.05, 0.1) is 17.7 Å². The van der Waals surface area contributed by atoms with Crippen molar-refractivity contribution in [2.24, 2.45) is 5.92 Å². The van der Waals surface area contributed by atoms with Crippen LogP contribution in [0, 0.1) is 5.92 Å². The molecule has 1 aromatic carbocycles. The summed E-state index contributed by atoms with van der Waals surface area (Å²) in [6.07, 6.45) is 3.96. The van der Waals surface area contributed by atoms with Gasteiger partial charge in [-0.1, -0.05) is 6.92 Å². The molecule has 1 aliphatic heterocycles. The molecule has 0 radical (unpaired) electrons. The van der Waals surface area contributed by atoms with E-state index in [1.54, 1.807) is 25.3 Å². The molecule has 0 atom stereocenters. The van der Waals surface area contributed by atoms with Crippen LogP contribution in [0.5, 0.6) is 0 Å². The Kier molecular flexibility index (Phi) is 6.88. The Hall–Kier alpha value is -2.16. The fourth-order valence-electron chi connectivity index (χ4n) is 3.25. The first-order chi connectivity index (χ1) is 13.5. The van der Waals surface area contributed by atoms with Crippen LogP contribution in [0.25, 0.3) is 0 Å². The number of carbonyl (C=O) groups is 1. The minimum atomic E-state index is -3.56. The molecule has 2 heterocycles. The second-order valence-corrected chi connectivity index (χ2v) is 8.84. The van der Waals surface area contributed by atoms with Crippen molar-refractivity contribution in [3.63, 3.8) is 0 Å². The van der Waals surface area contributed by atoms with Gasteiger partial charge in [-0.15, -0.1) is 0 Å². The fraction of sp³-hybridized carbons (Fsp3) is 0.450. The van der Waals surface area contributed by atoms with Crippen LogP contribution in [-0.2, 0) is 21.4 Å². The summed E-state index contributed by atoms with van der Waals surface area (Å²) in [4.78, 5) is 13.9. The highest BCUT2D eigenvalue weighted by Gasteiger charge is 2.22. The van der Waals surface area contributed by atoms with Gasteiger partial charge < -0.3 is 9.73 Å². The third-order valence-corrected chi connectivity index (χ3v) is 6.44. The predicted molar refractivity (Wildman–Crippen MR) is 107 cm³/mol. The first-order valence-corrected chi connectivity index (χ1v) is 11.1. The van der Waals surface area contributed by atoms with E-state index in [0.29, 0.717) is 24.6 Å². The molecule has 8 heteroatoms. The van der Waals surface area contributed by atoms with Crippen molar-refractivity contribution < 1.29 is 17.6 Å². The molecule has 1 amide bonds. The highest BCUT2D eigenvalue weighted by molar-refractivity contribution is 7.89. The smallest absolute Gasteiger partial charge is 0.240 e. The van der Waals surface area contributed by atoms with Gasteiger partial charge in [-0.05, 0) is 68.2 Å². The fourth-order valence-corrected chi connectivity index (χ4v) is 4.37. The van der Waals surface area contributed by atoms with Crippen LogP contribution >= 0.6 is 0 Å². The van der Waals surface area contributed by atoms with E-state index in [0.717, 1.165) is 38.2 Å². The second-order valence-electron chi connectivity index (χ2n) is 7.08. The zero-order valence-electron chi connectivity index (χ0n) is 16.1. The van der Waals surface area contributed by atoms with Gasteiger partial charge in [0.15, 0.2) is 0 Å². The lowest BCUT2D eigenvalue weighted by Gasteiger charge is -2.31. The second kappa shape index (κ2) is 9.36. The molecule has 1 saturated heterocycles. The van der Waals surface area contributed by atoms with Crippen LogP contribution in [0.2, 0.25) is 0 Å². The number of rotatable bonds is 8. The van der Waals surface area contributed by atoms with Crippen molar-refractivity contribution >= 4 is 21.6 Å². The van der Waals surface area contributed by atoms with E-state index in [2.05, 4.69) is 14.9 Å². The molecule has 7 nitrogen and oxygen atoms in total. The van der Waals surface area contributed by atoms with Gasteiger partial charge in [0.25, 0.3) is 0 Å². The van der Waals surface area contributed by atoms with Crippen LogP contribution < -0.4 is 10.0 Å². The molecule has 0 aliphatic carbocycles. The normalized spacial score (nSPS) is 16.2. The Morgan fingerprint density at radius 2 is 1.89 bits per heavy atom. The monoisotopic (exact) mass is 405 g/mol. The Balaban J connectivity index is 1.46. The molecule has 0 unspecified atom stereocenters. The van der Waals surface area contributed by atoms with Crippen molar-refractivity contribution in [2.75, 3.05) is 25.0 Å². The van der Waals surface area contributed by atoms with E-state index in [1.807, 2.05) is 12.1 Å². The number of anilines is 1. The molecule has 0 spiro atoms. The number of nitrogens with zero attached hydrogens (tertiary/aromatic N) is 1. The van der Waals surface area contributed by atoms with Gasteiger partial charge in [0, 0.05) is 18.7 Å². The molecule has 2 N–H and O–H groups in total. The number of carbonyl (C=O) groups excluding carboxylic acids is 1. The van der Waals surface area contributed by atoms with Gasteiger partial charge >= 0.3 is 0 Å². The Morgan fingerprint density at radius 1 is 1.18 bits per heavy atom. The van der Waals surface area contributed by atoms with E-state index in [1.165, 1.54) is 12.1 Å². The molecule has 152 valence electrons. The maximum atomic E-state index is 12.5.